The minimum atomic E-state index is -1.32. The van der Waals surface area contributed by atoms with E-state index in [2.05, 4.69) is 0 Å². The van der Waals surface area contributed by atoms with Crippen LogP contribution in [0.4, 0.5) is 15.8 Å². The Morgan fingerprint density at radius 2 is 2.11 bits per heavy atom. The lowest BCUT2D eigenvalue weighted by atomic mass is 10.1. The van der Waals surface area contributed by atoms with Crippen LogP contribution in [0.3, 0.4) is 0 Å². The summed E-state index contributed by atoms with van der Waals surface area (Å²) in [5.74, 6) is -2.08. The molecular weight excluding hydrogens is 251 g/mol. The molecular formula is C13H17FN2O3. The van der Waals surface area contributed by atoms with Gasteiger partial charge in [-0.15, -0.1) is 0 Å². The number of aromatic carboxylic acids is 1. The molecule has 1 aliphatic heterocycles. The number of hydrogen-bond acceptors (Lipinski definition) is 4. The zero-order chi connectivity index (χ0) is 14.0. The van der Waals surface area contributed by atoms with Crippen molar-refractivity contribution in [2.75, 3.05) is 30.9 Å². The van der Waals surface area contributed by atoms with E-state index in [-0.39, 0.29) is 11.7 Å². The van der Waals surface area contributed by atoms with E-state index >= 15 is 0 Å². The first-order valence-electron chi connectivity index (χ1n) is 6.13. The Kier molecular flexibility index (Phi) is 3.90. The number of anilines is 2. The van der Waals surface area contributed by atoms with E-state index < -0.39 is 17.3 Å². The fourth-order valence-electron chi connectivity index (χ4n) is 2.32. The Balaban J connectivity index is 2.29. The van der Waals surface area contributed by atoms with Crippen LogP contribution < -0.4 is 10.6 Å². The van der Waals surface area contributed by atoms with Crippen molar-refractivity contribution in [1.82, 2.24) is 0 Å². The van der Waals surface area contributed by atoms with Crippen molar-refractivity contribution in [2.45, 2.75) is 18.9 Å². The first-order valence-corrected chi connectivity index (χ1v) is 6.13. The van der Waals surface area contributed by atoms with Gasteiger partial charge in [0.25, 0.3) is 0 Å². The number of ether oxygens (including phenoxy) is 1. The van der Waals surface area contributed by atoms with Crippen LogP contribution in [0.1, 0.15) is 23.2 Å². The molecule has 0 aliphatic carbocycles. The highest BCUT2D eigenvalue weighted by Crippen LogP contribution is 2.29. The van der Waals surface area contributed by atoms with Gasteiger partial charge < -0.3 is 20.5 Å². The van der Waals surface area contributed by atoms with Crippen LogP contribution in [0.15, 0.2) is 12.1 Å². The maximum Gasteiger partial charge on any atom is 0.338 e. The molecule has 0 unspecified atom stereocenters. The van der Waals surface area contributed by atoms with Gasteiger partial charge in [0.15, 0.2) is 0 Å². The number of carbonyl (C=O) groups is 1. The van der Waals surface area contributed by atoms with E-state index in [1.807, 2.05) is 11.9 Å². The van der Waals surface area contributed by atoms with Crippen molar-refractivity contribution in [3.63, 3.8) is 0 Å². The molecule has 1 saturated heterocycles. The van der Waals surface area contributed by atoms with Crippen LogP contribution >= 0.6 is 0 Å². The van der Waals surface area contributed by atoms with Crippen molar-refractivity contribution < 1.29 is 19.0 Å². The van der Waals surface area contributed by atoms with Crippen LogP contribution in [0.2, 0.25) is 0 Å². The van der Waals surface area contributed by atoms with Crippen LogP contribution in [0.5, 0.6) is 0 Å². The molecule has 1 fully saturated rings. The van der Waals surface area contributed by atoms with E-state index in [0.717, 1.165) is 12.8 Å². The Hall–Kier alpha value is -1.82. The van der Waals surface area contributed by atoms with Gasteiger partial charge in [0.05, 0.1) is 16.9 Å². The number of nitrogen functional groups attached to an aromatic ring is 1. The van der Waals surface area contributed by atoms with Crippen molar-refractivity contribution in [2.24, 2.45) is 0 Å². The molecule has 3 N–H and O–H groups in total. The molecule has 0 aromatic heterocycles. The molecule has 1 aromatic rings. The summed E-state index contributed by atoms with van der Waals surface area (Å²) in [5, 5.41) is 8.84. The third kappa shape index (κ3) is 2.78. The van der Waals surface area contributed by atoms with Gasteiger partial charge in [0.1, 0.15) is 5.82 Å². The summed E-state index contributed by atoms with van der Waals surface area (Å²) in [6.45, 7) is 1.34. The van der Waals surface area contributed by atoms with Crippen LogP contribution in [-0.4, -0.2) is 37.4 Å². The number of nitrogens with two attached hydrogens (primary N) is 1. The molecule has 1 aliphatic rings. The van der Waals surface area contributed by atoms with E-state index in [0.29, 0.717) is 18.9 Å². The summed E-state index contributed by atoms with van der Waals surface area (Å²) < 4.78 is 19.0. The highest BCUT2D eigenvalue weighted by Gasteiger charge is 2.22. The molecule has 0 radical (unpaired) electrons. The highest BCUT2D eigenvalue weighted by molar-refractivity contribution is 5.91. The quantitative estimate of drug-likeness (QED) is 0.816. The van der Waals surface area contributed by atoms with Gasteiger partial charge in [0.2, 0.25) is 0 Å². The van der Waals surface area contributed by atoms with Gasteiger partial charge in [-0.1, -0.05) is 0 Å². The smallest absolute Gasteiger partial charge is 0.338 e. The number of nitrogens with zero attached hydrogens (tertiary/aromatic N) is 1. The maximum atomic E-state index is 13.7. The highest BCUT2D eigenvalue weighted by atomic mass is 19.1. The third-order valence-electron chi connectivity index (χ3n) is 3.47. The topological polar surface area (TPSA) is 75.8 Å². The summed E-state index contributed by atoms with van der Waals surface area (Å²) in [6.07, 6.45) is 1.69. The minimum Gasteiger partial charge on any atom is -0.478 e. The largest absolute Gasteiger partial charge is 0.478 e. The SMILES string of the molecule is CN(c1cc(F)c(C(=O)O)cc1N)C1CCOCC1. The fourth-order valence-corrected chi connectivity index (χ4v) is 2.32. The van der Waals surface area contributed by atoms with Crippen molar-refractivity contribution in [3.8, 4) is 0 Å². The molecule has 0 atom stereocenters. The lowest BCUT2D eigenvalue weighted by Crippen LogP contribution is -2.37. The van der Waals surface area contributed by atoms with Crippen LogP contribution in [-0.2, 0) is 4.74 Å². The monoisotopic (exact) mass is 268 g/mol. The van der Waals surface area contributed by atoms with E-state index in [1.165, 1.54) is 12.1 Å². The summed E-state index contributed by atoms with van der Waals surface area (Å²) in [6, 6.07) is 2.59. The average molecular weight is 268 g/mol. The minimum absolute atomic E-state index is 0.228. The maximum absolute atomic E-state index is 13.7. The Bertz CT molecular complexity index is 487. The Morgan fingerprint density at radius 3 is 2.68 bits per heavy atom. The predicted molar refractivity (Wildman–Crippen MR) is 70.0 cm³/mol. The first kappa shape index (κ1) is 13.6. The summed E-state index contributed by atoms with van der Waals surface area (Å²) in [4.78, 5) is 12.7. The number of rotatable bonds is 3. The molecule has 2 rings (SSSR count). The Labute approximate surface area is 110 Å². The summed E-state index contributed by atoms with van der Waals surface area (Å²) in [5.41, 5.74) is 6.23. The predicted octanol–water partition coefficient (Wildman–Crippen LogP) is 1.72. The van der Waals surface area contributed by atoms with Gasteiger partial charge in [-0.3, -0.25) is 0 Å². The molecule has 0 amide bonds. The number of carboxylic acids is 1. The molecule has 19 heavy (non-hydrogen) atoms. The molecule has 1 aromatic carbocycles. The molecule has 6 heteroatoms. The average Bonchev–Trinajstić information content (AvgIpc) is 2.41. The second-order valence-electron chi connectivity index (χ2n) is 4.65. The van der Waals surface area contributed by atoms with Gasteiger partial charge in [-0.25, -0.2) is 9.18 Å². The zero-order valence-electron chi connectivity index (χ0n) is 10.7. The van der Waals surface area contributed by atoms with Gasteiger partial charge in [0, 0.05) is 32.4 Å². The van der Waals surface area contributed by atoms with Crippen molar-refractivity contribution in [1.29, 1.82) is 0 Å². The first-order chi connectivity index (χ1) is 9.00. The van der Waals surface area contributed by atoms with E-state index in [4.69, 9.17) is 15.6 Å². The van der Waals surface area contributed by atoms with E-state index in [1.54, 1.807) is 0 Å². The third-order valence-corrected chi connectivity index (χ3v) is 3.47. The summed E-state index contributed by atoms with van der Waals surface area (Å²) in [7, 11) is 1.83. The lowest BCUT2D eigenvalue weighted by Gasteiger charge is -2.33. The molecule has 0 saturated carbocycles. The molecule has 5 nitrogen and oxygen atoms in total. The van der Waals surface area contributed by atoms with Crippen molar-refractivity contribution >= 4 is 17.3 Å². The van der Waals surface area contributed by atoms with E-state index in [9.17, 15) is 9.18 Å². The lowest BCUT2D eigenvalue weighted by molar-refractivity contribution is 0.0692. The number of hydrogen-bond donors (Lipinski definition) is 2. The number of halogens is 1. The van der Waals surface area contributed by atoms with Crippen molar-refractivity contribution in [3.05, 3.63) is 23.5 Å². The zero-order valence-corrected chi connectivity index (χ0v) is 10.7. The standard InChI is InChI=1S/C13H17FN2O3/c1-16(8-2-4-19-5-3-8)12-7-10(14)9(13(17)18)6-11(12)15/h6-8H,2-5,15H2,1H3,(H,17,18). The van der Waals surface area contributed by atoms with Crippen LogP contribution in [0.25, 0.3) is 0 Å². The Morgan fingerprint density at radius 1 is 1.47 bits per heavy atom. The summed E-state index contributed by atoms with van der Waals surface area (Å²) >= 11 is 0. The van der Waals surface area contributed by atoms with Gasteiger partial charge in [-0.05, 0) is 18.9 Å². The second-order valence-corrected chi connectivity index (χ2v) is 4.65. The number of benzene rings is 1. The van der Waals surface area contributed by atoms with Crippen LogP contribution in [0, 0.1) is 5.82 Å². The van der Waals surface area contributed by atoms with Gasteiger partial charge in [-0.2, -0.15) is 0 Å². The van der Waals surface area contributed by atoms with Gasteiger partial charge >= 0.3 is 5.97 Å². The normalized spacial score (nSPS) is 16.3. The second kappa shape index (κ2) is 5.44. The molecule has 104 valence electrons. The molecule has 0 spiro atoms. The fraction of sp³-hybridized carbons (Fsp3) is 0.462. The molecule has 0 bridgehead atoms. The number of carboxylic acid groups (broad SMARTS) is 1. The molecule has 1 heterocycles.